The number of nitrogens with zero attached hydrogens (tertiary/aromatic N) is 7. The van der Waals surface area contributed by atoms with Gasteiger partial charge in [-0.3, -0.25) is 9.69 Å². The predicted molar refractivity (Wildman–Crippen MR) is 157 cm³/mol. The normalized spacial score (nSPS) is 23.6. The zero-order valence-electron chi connectivity index (χ0n) is 23.4. The molecule has 2 aromatic heterocycles. The summed E-state index contributed by atoms with van der Waals surface area (Å²) in [4.78, 5) is 29.6. The molecule has 0 saturated carbocycles. The van der Waals surface area contributed by atoms with Gasteiger partial charge in [-0.15, -0.1) is 0 Å². The predicted octanol–water partition coefficient (Wildman–Crippen LogP) is 4.30. The van der Waals surface area contributed by atoms with Crippen molar-refractivity contribution in [1.82, 2.24) is 24.6 Å². The van der Waals surface area contributed by atoms with Crippen LogP contribution in [0.2, 0.25) is 5.02 Å². The third-order valence-corrected chi connectivity index (χ3v) is 9.12. The van der Waals surface area contributed by atoms with Crippen LogP contribution in [-0.2, 0) is 24.2 Å². The number of halogens is 1. The minimum atomic E-state index is -0.341. The molecular weight excluding hydrogens is 526 g/mol. The minimum absolute atomic E-state index is 0.188. The van der Waals surface area contributed by atoms with Gasteiger partial charge in [-0.05, 0) is 50.1 Å². The third kappa shape index (κ3) is 5.47. The highest BCUT2D eigenvalue weighted by Gasteiger charge is 2.33. The number of likely N-dealkylation sites (tertiary alicyclic amines) is 1. The van der Waals surface area contributed by atoms with Crippen LogP contribution in [0.1, 0.15) is 55.7 Å². The fourth-order valence-electron chi connectivity index (χ4n) is 6.39. The summed E-state index contributed by atoms with van der Waals surface area (Å²) in [5.41, 5.74) is 3.86. The number of likely N-dealkylation sites (N-methyl/N-ethyl adjacent to an activating group) is 1. The summed E-state index contributed by atoms with van der Waals surface area (Å²) < 4.78 is 7.16. The lowest BCUT2D eigenvalue weighted by atomic mass is 9.91. The molecule has 6 rings (SSSR count). The Kier molecular flexibility index (Phi) is 8.05. The van der Waals surface area contributed by atoms with Crippen molar-refractivity contribution in [2.24, 2.45) is 5.92 Å². The van der Waals surface area contributed by atoms with Gasteiger partial charge < -0.3 is 14.5 Å². The monoisotopic (exact) mass is 563 g/mol. The Bertz CT molecular complexity index is 1380. The van der Waals surface area contributed by atoms with E-state index in [9.17, 15) is 4.79 Å². The van der Waals surface area contributed by atoms with Crippen LogP contribution in [0.4, 0.5) is 11.5 Å². The number of ether oxygens (including phenoxy) is 1. The Morgan fingerprint density at radius 2 is 1.98 bits per heavy atom. The number of fused-ring (bicyclic) bond motifs is 1. The zero-order chi connectivity index (χ0) is 27.6. The van der Waals surface area contributed by atoms with Crippen LogP contribution in [0.15, 0.2) is 47.7 Å². The van der Waals surface area contributed by atoms with Crippen molar-refractivity contribution >= 4 is 23.1 Å². The van der Waals surface area contributed by atoms with Crippen LogP contribution in [-0.4, -0.2) is 64.0 Å². The maximum Gasteiger partial charge on any atom is 0.290 e. The van der Waals surface area contributed by atoms with Crippen LogP contribution in [0, 0.1) is 5.92 Å². The maximum atomic E-state index is 13.1. The molecule has 5 heterocycles. The Labute approximate surface area is 240 Å². The number of hydrogen-bond acceptors (Lipinski definition) is 8. The fourth-order valence-corrected chi connectivity index (χ4v) is 6.64. The van der Waals surface area contributed by atoms with Gasteiger partial charge in [0.1, 0.15) is 17.2 Å². The van der Waals surface area contributed by atoms with Crippen molar-refractivity contribution in [3.8, 4) is 0 Å². The number of hydrogen-bond donors (Lipinski definition) is 0. The van der Waals surface area contributed by atoms with Gasteiger partial charge in [0.25, 0.3) is 5.56 Å². The molecule has 3 aromatic rings. The van der Waals surface area contributed by atoms with E-state index in [0.717, 1.165) is 63.3 Å². The van der Waals surface area contributed by atoms with Gasteiger partial charge >= 0.3 is 0 Å². The number of rotatable bonds is 6. The number of anilines is 2. The largest absolute Gasteiger partial charge is 0.363 e. The van der Waals surface area contributed by atoms with Crippen molar-refractivity contribution in [2.45, 2.75) is 64.4 Å². The van der Waals surface area contributed by atoms with Crippen LogP contribution < -0.4 is 15.4 Å². The molecule has 2 fully saturated rings. The first-order chi connectivity index (χ1) is 19.5. The van der Waals surface area contributed by atoms with Gasteiger partial charge in [0, 0.05) is 44.9 Å². The Morgan fingerprint density at radius 3 is 2.77 bits per heavy atom. The van der Waals surface area contributed by atoms with E-state index in [1.54, 1.807) is 12.5 Å². The quantitative estimate of drug-likeness (QED) is 0.439. The van der Waals surface area contributed by atoms with E-state index in [2.05, 4.69) is 69.1 Å². The Morgan fingerprint density at radius 1 is 1.12 bits per heavy atom. The van der Waals surface area contributed by atoms with E-state index < -0.39 is 0 Å². The molecule has 3 aliphatic heterocycles. The van der Waals surface area contributed by atoms with Crippen molar-refractivity contribution in [3.63, 3.8) is 0 Å². The van der Waals surface area contributed by atoms with E-state index in [0.29, 0.717) is 37.3 Å². The van der Waals surface area contributed by atoms with Gasteiger partial charge in [0.15, 0.2) is 6.23 Å². The van der Waals surface area contributed by atoms with E-state index in [1.165, 1.54) is 15.8 Å². The van der Waals surface area contributed by atoms with Crippen molar-refractivity contribution in [2.75, 3.05) is 43.1 Å². The molecule has 0 aliphatic carbocycles. The number of benzene rings is 1. The molecule has 2 saturated heterocycles. The van der Waals surface area contributed by atoms with Gasteiger partial charge in [-0.1, -0.05) is 48.9 Å². The van der Waals surface area contributed by atoms with Gasteiger partial charge in [-0.2, -0.15) is 9.78 Å². The summed E-state index contributed by atoms with van der Waals surface area (Å²) >= 11 is 6.63. The lowest BCUT2D eigenvalue weighted by molar-refractivity contribution is -0.0424. The summed E-state index contributed by atoms with van der Waals surface area (Å²) in [6.07, 6.45) is 7.76. The highest BCUT2D eigenvalue weighted by Crippen LogP contribution is 2.33. The SMILES string of the molecule is C[C@@H]1CCN(Cc2ccccc2)CC1N(C)c1ncnc2c1CCN(c1cnn(C3CCCCO3)c(=O)c1Cl)C2. The molecule has 10 heteroatoms. The highest BCUT2D eigenvalue weighted by molar-refractivity contribution is 6.33. The number of piperidine rings is 1. The molecular formula is C30H38ClN7O2. The van der Waals surface area contributed by atoms with E-state index in [1.807, 2.05) is 0 Å². The standard InChI is InChI=1S/C30H38ClN7O2/c1-21-11-13-36(17-22-8-4-3-5-9-22)19-26(21)35(2)29-23-12-14-37(18-24(23)32-20-33-29)25-16-34-38(30(39)28(25)31)27-10-6-7-15-40-27/h3-5,8-9,16,20-21,26-27H,6-7,10-15,17-19H2,1-2H3/t21-,26?,27?/m1/s1. The molecule has 3 atom stereocenters. The topological polar surface area (TPSA) is 79.6 Å². The van der Waals surface area contributed by atoms with Gasteiger partial charge in [-0.25, -0.2) is 9.97 Å². The zero-order valence-corrected chi connectivity index (χ0v) is 24.1. The molecule has 9 nitrogen and oxygen atoms in total. The minimum Gasteiger partial charge on any atom is -0.363 e. The van der Waals surface area contributed by atoms with E-state index >= 15 is 0 Å². The highest BCUT2D eigenvalue weighted by atomic mass is 35.5. The first-order valence-corrected chi connectivity index (χ1v) is 14.8. The summed E-state index contributed by atoms with van der Waals surface area (Å²) in [5.74, 6) is 1.57. The van der Waals surface area contributed by atoms with Crippen LogP contribution in [0.3, 0.4) is 0 Å². The van der Waals surface area contributed by atoms with Gasteiger partial charge in [0.05, 0.1) is 24.1 Å². The lowest BCUT2D eigenvalue weighted by Gasteiger charge is -2.43. The first-order valence-electron chi connectivity index (χ1n) is 14.5. The molecule has 0 bridgehead atoms. The fraction of sp³-hybridized carbons (Fsp3) is 0.533. The second kappa shape index (κ2) is 11.8. The van der Waals surface area contributed by atoms with Crippen LogP contribution in [0.25, 0.3) is 0 Å². The molecule has 1 aromatic carbocycles. The molecule has 2 unspecified atom stereocenters. The Hall–Kier alpha value is -3.01. The summed E-state index contributed by atoms with van der Waals surface area (Å²) in [6, 6.07) is 11.1. The van der Waals surface area contributed by atoms with Crippen molar-refractivity contribution < 1.29 is 4.74 Å². The molecule has 3 aliphatic rings. The van der Waals surface area contributed by atoms with Crippen LogP contribution in [0.5, 0.6) is 0 Å². The second-order valence-electron chi connectivity index (χ2n) is 11.4. The number of aromatic nitrogens is 4. The second-order valence-corrected chi connectivity index (χ2v) is 11.8. The average molecular weight is 564 g/mol. The maximum absolute atomic E-state index is 13.1. The molecule has 0 amide bonds. The summed E-state index contributed by atoms with van der Waals surface area (Å²) in [6.45, 7) is 7.34. The average Bonchev–Trinajstić information content (AvgIpc) is 2.99. The summed E-state index contributed by atoms with van der Waals surface area (Å²) in [7, 11) is 2.18. The molecule has 0 spiro atoms. The molecule has 40 heavy (non-hydrogen) atoms. The summed E-state index contributed by atoms with van der Waals surface area (Å²) in [5, 5.41) is 4.64. The third-order valence-electron chi connectivity index (χ3n) is 8.76. The van der Waals surface area contributed by atoms with Gasteiger partial charge in [0.2, 0.25) is 0 Å². The van der Waals surface area contributed by atoms with E-state index in [-0.39, 0.29) is 16.8 Å². The molecule has 212 valence electrons. The molecule has 0 N–H and O–H groups in total. The Balaban J connectivity index is 1.19. The first kappa shape index (κ1) is 27.2. The smallest absolute Gasteiger partial charge is 0.290 e. The van der Waals surface area contributed by atoms with Crippen LogP contribution >= 0.6 is 11.6 Å². The lowest BCUT2D eigenvalue weighted by Crippen LogP contribution is -2.51. The van der Waals surface area contributed by atoms with Crippen molar-refractivity contribution in [3.05, 3.63) is 75.1 Å². The molecule has 0 radical (unpaired) electrons. The van der Waals surface area contributed by atoms with E-state index in [4.69, 9.17) is 21.3 Å². The van der Waals surface area contributed by atoms with Crippen molar-refractivity contribution in [1.29, 1.82) is 0 Å².